The van der Waals surface area contributed by atoms with E-state index in [9.17, 15) is 0 Å². The van der Waals surface area contributed by atoms with Crippen LogP contribution in [0.2, 0.25) is 0 Å². The minimum atomic E-state index is 1.03. The van der Waals surface area contributed by atoms with Crippen LogP contribution >= 0.6 is 0 Å². The summed E-state index contributed by atoms with van der Waals surface area (Å²) >= 11 is 0. The average molecular weight is 237 g/mol. The quantitative estimate of drug-likeness (QED) is 0.783. The Balaban J connectivity index is 1.78. The molecule has 0 bridgehead atoms. The highest BCUT2D eigenvalue weighted by Crippen LogP contribution is 2.22. The number of benzene rings is 2. The Labute approximate surface area is 109 Å². The number of hydrogen-bond acceptors (Lipinski definition) is 1. The SMILES string of the molecule is c1ccc(Cc2cccc(N3CCCC3)c2)cc1. The van der Waals surface area contributed by atoms with Crippen molar-refractivity contribution in [2.24, 2.45) is 0 Å². The molecule has 1 saturated heterocycles. The molecule has 2 aromatic carbocycles. The number of hydrogen-bond donors (Lipinski definition) is 0. The van der Waals surface area contributed by atoms with Crippen LogP contribution in [0, 0.1) is 0 Å². The number of anilines is 1. The Hall–Kier alpha value is -1.76. The van der Waals surface area contributed by atoms with Gasteiger partial charge in [-0.3, -0.25) is 0 Å². The molecule has 0 aliphatic carbocycles. The molecule has 18 heavy (non-hydrogen) atoms. The third-order valence-electron chi connectivity index (χ3n) is 3.63. The predicted octanol–water partition coefficient (Wildman–Crippen LogP) is 3.88. The maximum atomic E-state index is 2.49. The number of rotatable bonds is 3. The van der Waals surface area contributed by atoms with Gasteiger partial charge in [0.2, 0.25) is 0 Å². The molecule has 0 radical (unpaired) electrons. The fraction of sp³-hybridized carbons (Fsp3) is 0.294. The second-order valence-electron chi connectivity index (χ2n) is 5.03. The van der Waals surface area contributed by atoms with E-state index in [-0.39, 0.29) is 0 Å². The summed E-state index contributed by atoms with van der Waals surface area (Å²) in [5, 5.41) is 0. The monoisotopic (exact) mass is 237 g/mol. The van der Waals surface area contributed by atoms with E-state index in [2.05, 4.69) is 59.5 Å². The molecule has 1 aliphatic heterocycles. The molecule has 0 amide bonds. The molecule has 0 unspecified atom stereocenters. The lowest BCUT2D eigenvalue weighted by Crippen LogP contribution is -2.17. The summed E-state index contributed by atoms with van der Waals surface area (Å²) in [5.74, 6) is 0. The van der Waals surface area contributed by atoms with E-state index in [0.717, 1.165) is 6.42 Å². The standard InChI is InChI=1S/C17H19N/c1-2-7-15(8-3-1)13-16-9-6-10-17(14-16)18-11-4-5-12-18/h1-3,6-10,14H,4-5,11-13H2. The van der Waals surface area contributed by atoms with Crippen LogP contribution < -0.4 is 4.90 Å². The van der Waals surface area contributed by atoms with Crippen LogP contribution in [0.3, 0.4) is 0 Å². The molecule has 0 N–H and O–H groups in total. The Bertz CT molecular complexity index is 498. The molecule has 1 nitrogen and oxygen atoms in total. The zero-order chi connectivity index (χ0) is 12.2. The zero-order valence-electron chi connectivity index (χ0n) is 10.7. The molecule has 3 rings (SSSR count). The van der Waals surface area contributed by atoms with Crippen LogP contribution in [0.15, 0.2) is 54.6 Å². The predicted molar refractivity (Wildman–Crippen MR) is 77.1 cm³/mol. The normalized spacial score (nSPS) is 15.0. The highest BCUT2D eigenvalue weighted by Gasteiger charge is 2.12. The lowest BCUT2D eigenvalue weighted by molar-refractivity contribution is 0.949. The Morgan fingerprint density at radius 1 is 0.778 bits per heavy atom. The third-order valence-corrected chi connectivity index (χ3v) is 3.63. The lowest BCUT2D eigenvalue weighted by Gasteiger charge is -2.18. The van der Waals surface area contributed by atoms with Gasteiger partial charge in [0.15, 0.2) is 0 Å². The van der Waals surface area contributed by atoms with Gasteiger partial charge in [-0.05, 0) is 42.5 Å². The molecule has 0 saturated carbocycles. The summed E-state index contributed by atoms with van der Waals surface area (Å²) in [6, 6.07) is 19.7. The van der Waals surface area contributed by atoms with Gasteiger partial charge >= 0.3 is 0 Å². The van der Waals surface area contributed by atoms with Crippen LogP contribution in [0.1, 0.15) is 24.0 Å². The molecule has 1 fully saturated rings. The summed E-state index contributed by atoms with van der Waals surface area (Å²) in [4.78, 5) is 2.49. The van der Waals surface area contributed by atoms with Gasteiger partial charge in [-0.1, -0.05) is 42.5 Å². The van der Waals surface area contributed by atoms with E-state index >= 15 is 0 Å². The molecular weight excluding hydrogens is 218 g/mol. The Morgan fingerprint density at radius 3 is 2.28 bits per heavy atom. The van der Waals surface area contributed by atoms with Crippen LogP contribution in [0.5, 0.6) is 0 Å². The van der Waals surface area contributed by atoms with Gasteiger partial charge in [0.1, 0.15) is 0 Å². The first kappa shape index (κ1) is 11.3. The smallest absolute Gasteiger partial charge is 0.0369 e. The summed E-state index contributed by atoms with van der Waals surface area (Å²) in [6.07, 6.45) is 3.70. The van der Waals surface area contributed by atoms with E-state index in [1.165, 1.54) is 42.7 Å². The first-order valence-corrected chi connectivity index (χ1v) is 6.80. The van der Waals surface area contributed by atoms with Crippen molar-refractivity contribution in [3.8, 4) is 0 Å². The van der Waals surface area contributed by atoms with Crippen LogP contribution in [-0.2, 0) is 6.42 Å². The summed E-state index contributed by atoms with van der Waals surface area (Å²) < 4.78 is 0. The fourth-order valence-electron chi connectivity index (χ4n) is 2.67. The maximum Gasteiger partial charge on any atom is 0.0369 e. The van der Waals surface area contributed by atoms with Gasteiger partial charge in [-0.2, -0.15) is 0 Å². The lowest BCUT2D eigenvalue weighted by atomic mass is 10.0. The maximum absolute atomic E-state index is 2.49. The van der Waals surface area contributed by atoms with Gasteiger partial charge in [-0.15, -0.1) is 0 Å². The minimum Gasteiger partial charge on any atom is -0.372 e. The first-order valence-electron chi connectivity index (χ1n) is 6.80. The van der Waals surface area contributed by atoms with Gasteiger partial charge in [-0.25, -0.2) is 0 Å². The van der Waals surface area contributed by atoms with E-state index in [0.29, 0.717) is 0 Å². The van der Waals surface area contributed by atoms with Crippen molar-refractivity contribution in [2.75, 3.05) is 18.0 Å². The van der Waals surface area contributed by atoms with E-state index in [4.69, 9.17) is 0 Å². The molecule has 2 aromatic rings. The fourth-order valence-corrected chi connectivity index (χ4v) is 2.67. The van der Waals surface area contributed by atoms with Gasteiger partial charge < -0.3 is 4.90 Å². The van der Waals surface area contributed by atoms with Gasteiger partial charge in [0, 0.05) is 18.8 Å². The topological polar surface area (TPSA) is 3.24 Å². The van der Waals surface area contributed by atoms with Crippen molar-refractivity contribution < 1.29 is 0 Å². The summed E-state index contributed by atoms with van der Waals surface area (Å²) in [5.41, 5.74) is 4.18. The third kappa shape index (κ3) is 2.56. The van der Waals surface area contributed by atoms with Crippen molar-refractivity contribution in [3.63, 3.8) is 0 Å². The average Bonchev–Trinajstić information content (AvgIpc) is 2.94. The van der Waals surface area contributed by atoms with Crippen molar-refractivity contribution in [2.45, 2.75) is 19.3 Å². The zero-order valence-corrected chi connectivity index (χ0v) is 10.7. The second-order valence-corrected chi connectivity index (χ2v) is 5.03. The minimum absolute atomic E-state index is 1.03. The Morgan fingerprint density at radius 2 is 1.50 bits per heavy atom. The van der Waals surface area contributed by atoms with Crippen LogP contribution in [0.25, 0.3) is 0 Å². The van der Waals surface area contributed by atoms with Gasteiger partial charge in [0.05, 0.1) is 0 Å². The summed E-state index contributed by atoms with van der Waals surface area (Å²) in [7, 11) is 0. The van der Waals surface area contributed by atoms with E-state index in [1.54, 1.807) is 0 Å². The van der Waals surface area contributed by atoms with Crippen molar-refractivity contribution >= 4 is 5.69 Å². The molecule has 0 aromatic heterocycles. The molecule has 92 valence electrons. The second kappa shape index (κ2) is 5.26. The largest absolute Gasteiger partial charge is 0.372 e. The van der Waals surface area contributed by atoms with E-state index < -0.39 is 0 Å². The van der Waals surface area contributed by atoms with Crippen LogP contribution in [-0.4, -0.2) is 13.1 Å². The Kier molecular flexibility index (Phi) is 3.31. The van der Waals surface area contributed by atoms with Crippen LogP contribution in [0.4, 0.5) is 5.69 Å². The number of nitrogens with zero attached hydrogens (tertiary/aromatic N) is 1. The highest BCUT2D eigenvalue weighted by molar-refractivity contribution is 5.50. The molecule has 0 atom stereocenters. The van der Waals surface area contributed by atoms with E-state index in [1.807, 2.05) is 0 Å². The first-order chi connectivity index (χ1) is 8.92. The highest BCUT2D eigenvalue weighted by atomic mass is 15.1. The molecule has 0 spiro atoms. The van der Waals surface area contributed by atoms with Crippen molar-refractivity contribution in [1.29, 1.82) is 0 Å². The van der Waals surface area contributed by atoms with Crippen molar-refractivity contribution in [3.05, 3.63) is 65.7 Å². The van der Waals surface area contributed by atoms with Crippen molar-refractivity contribution in [1.82, 2.24) is 0 Å². The summed E-state index contributed by atoms with van der Waals surface area (Å²) in [6.45, 7) is 2.43. The molecule has 1 heterocycles. The molecule has 1 aliphatic rings. The molecular formula is C17H19N. The van der Waals surface area contributed by atoms with Gasteiger partial charge in [0.25, 0.3) is 0 Å². The molecule has 1 heteroatoms.